The van der Waals surface area contributed by atoms with E-state index in [1.807, 2.05) is 88.4 Å². The predicted molar refractivity (Wildman–Crippen MR) is 142 cm³/mol. The molecule has 0 aliphatic carbocycles. The summed E-state index contributed by atoms with van der Waals surface area (Å²) in [5.74, 6) is 0.920. The van der Waals surface area contributed by atoms with Crippen LogP contribution in [0.4, 0.5) is 0 Å². The molecule has 3 aromatic rings. The summed E-state index contributed by atoms with van der Waals surface area (Å²) in [7, 11) is 1.61. The number of ether oxygens (including phenoxy) is 2. The Morgan fingerprint density at radius 2 is 1.67 bits per heavy atom. The van der Waals surface area contributed by atoms with Crippen molar-refractivity contribution in [2.75, 3.05) is 20.3 Å². The Hall–Kier alpha value is -3.80. The highest BCUT2D eigenvalue weighted by Gasteiger charge is 2.30. The van der Waals surface area contributed by atoms with Gasteiger partial charge in [-0.2, -0.15) is 0 Å². The van der Waals surface area contributed by atoms with Gasteiger partial charge in [0.2, 0.25) is 5.91 Å². The summed E-state index contributed by atoms with van der Waals surface area (Å²) < 4.78 is 11.4. The zero-order valence-corrected chi connectivity index (χ0v) is 21.8. The number of nitrogens with one attached hydrogen (secondary N) is 1. The van der Waals surface area contributed by atoms with Gasteiger partial charge in [0, 0.05) is 19.5 Å². The topological polar surface area (TPSA) is 67.9 Å². The number of benzene rings is 3. The van der Waals surface area contributed by atoms with Crippen LogP contribution in [-0.4, -0.2) is 43.0 Å². The Labute approximate surface area is 214 Å². The molecule has 0 aliphatic rings. The van der Waals surface area contributed by atoms with Crippen LogP contribution in [-0.2, 0) is 22.6 Å². The van der Waals surface area contributed by atoms with Gasteiger partial charge >= 0.3 is 0 Å². The Bertz CT molecular complexity index is 1180. The Morgan fingerprint density at radius 1 is 0.944 bits per heavy atom. The molecule has 0 aliphatic heterocycles. The fourth-order valence-corrected chi connectivity index (χ4v) is 4.19. The molecule has 0 radical (unpaired) electrons. The van der Waals surface area contributed by atoms with Crippen LogP contribution in [0.25, 0.3) is 0 Å². The quantitative estimate of drug-likeness (QED) is 0.422. The molecule has 3 aromatic carbocycles. The summed E-state index contributed by atoms with van der Waals surface area (Å²) >= 11 is 0. The highest BCUT2D eigenvalue weighted by Crippen LogP contribution is 2.24. The maximum Gasteiger partial charge on any atom is 0.261 e. The maximum atomic E-state index is 13.7. The number of amides is 2. The van der Waals surface area contributed by atoms with Gasteiger partial charge in [0.15, 0.2) is 6.61 Å². The molecule has 0 aromatic heterocycles. The molecule has 2 amide bonds. The molecule has 0 saturated carbocycles. The van der Waals surface area contributed by atoms with Crippen molar-refractivity contribution in [3.8, 4) is 11.5 Å². The van der Waals surface area contributed by atoms with E-state index in [0.717, 1.165) is 27.8 Å². The summed E-state index contributed by atoms with van der Waals surface area (Å²) in [6.07, 6.45) is 0.394. The van der Waals surface area contributed by atoms with Crippen LogP contribution in [0.3, 0.4) is 0 Å². The summed E-state index contributed by atoms with van der Waals surface area (Å²) in [5, 5.41) is 2.91. The number of hydrogen-bond donors (Lipinski definition) is 1. The zero-order valence-electron chi connectivity index (χ0n) is 21.8. The van der Waals surface area contributed by atoms with Gasteiger partial charge in [-0.3, -0.25) is 9.59 Å². The lowest BCUT2D eigenvalue weighted by atomic mass is 10.0. The van der Waals surface area contributed by atoms with E-state index in [9.17, 15) is 9.59 Å². The number of hydrogen-bond acceptors (Lipinski definition) is 4. The van der Waals surface area contributed by atoms with Gasteiger partial charge in [0.25, 0.3) is 5.91 Å². The van der Waals surface area contributed by atoms with Crippen LogP contribution in [0, 0.1) is 20.8 Å². The monoisotopic (exact) mass is 488 g/mol. The van der Waals surface area contributed by atoms with Crippen LogP contribution < -0.4 is 14.8 Å². The van der Waals surface area contributed by atoms with Crippen LogP contribution in [0.15, 0.2) is 66.7 Å². The van der Waals surface area contributed by atoms with Crippen molar-refractivity contribution in [3.63, 3.8) is 0 Å². The zero-order chi connectivity index (χ0) is 26.1. The lowest BCUT2D eigenvalue weighted by Gasteiger charge is -2.31. The van der Waals surface area contributed by atoms with E-state index in [1.54, 1.807) is 12.0 Å². The minimum absolute atomic E-state index is 0.168. The molecule has 6 heteroatoms. The number of likely N-dealkylation sites (N-methyl/N-ethyl adjacent to an activating group) is 1. The van der Waals surface area contributed by atoms with Crippen molar-refractivity contribution in [2.24, 2.45) is 0 Å². The molecular formula is C30H36N2O4. The van der Waals surface area contributed by atoms with Crippen LogP contribution >= 0.6 is 0 Å². The van der Waals surface area contributed by atoms with E-state index in [1.165, 1.54) is 0 Å². The summed E-state index contributed by atoms with van der Waals surface area (Å²) in [5.41, 5.74) is 5.02. The minimum Gasteiger partial charge on any atom is -0.497 e. The second-order valence-electron chi connectivity index (χ2n) is 8.97. The number of rotatable bonds is 11. The van der Waals surface area contributed by atoms with Gasteiger partial charge in [-0.25, -0.2) is 0 Å². The third kappa shape index (κ3) is 7.11. The van der Waals surface area contributed by atoms with Crippen molar-refractivity contribution < 1.29 is 19.1 Å². The first kappa shape index (κ1) is 26.8. The van der Waals surface area contributed by atoms with E-state index in [-0.39, 0.29) is 25.0 Å². The van der Waals surface area contributed by atoms with Gasteiger partial charge < -0.3 is 19.7 Å². The maximum absolute atomic E-state index is 13.7. The molecule has 36 heavy (non-hydrogen) atoms. The average Bonchev–Trinajstić information content (AvgIpc) is 2.88. The van der Waals surface area contributed by atoms with Crippen molar-refractivity contribution in [1.29, 1.82) is 0 Å². The fraction of sp³-hybridized carbons (Fsp3) is 0.333. The predicted octanol–water partition coefficient (Wildman–Crippen LogP) is 4.78. The molecule has 0 fully saturated rings. The van der Waals surface area contributed by atoms with E-state index < -0.39 is 6.04 Å². The lowest BCUT2D eigenvalue weighted by molar-refractivity contribution is -0.142. The number of carbonyl (C=O) groups excluding carboxylic acids is 2. The molecule has 1 atom stereocenters. The van der Waals surface area contributed by atoms with Crippen LogP contribution in [0.5, 0.6) is 11.5 Å². The third-order valence-electron chi connectivity index (χ3n) is 6.22. The van der Waals surface area contributed by atoms with Crippen molar-refractivity contribution in [1.82, 2.24) is 10.2 Å². The summed E-state index contributed by atoms with van der Waals surface area (Å²) in [6.45, 7) is 8.44. The van der Waals surface area contributed by atoms with Gasteiger partial charge in [0.05, 0.1) is 7.11 Å². The number of aryl methyl sites for hydroxylation is 2. The van der Waals surface area contributed by atoms with Gasteiger partial charge in [-0.05, 0) is 73.7 Å². The Balaban J connectivity index is 1.93. The molecule has 1 N–H and O–H groups in total. The smallest absolute Gasteiger partial charge is 0.261 e. The molecule has 1 unspecified atom stereocenters. The molecular weight excluding hydrogens is 452 g/mol. The normalized spacial score (nSPS) is 11.5. The first-order valence-electron chi connectivity index (χ1n) is 12.3. The van der Waals surface area contributed by atoms with Gasteiger partial charge in [-0.15, -0.1) is 0 Å². The number of carbonyl (C=O) groups is 2. The highest BCUT2D eigenvalue weighted by molar-refractivity contribution is 5.88. The standard InChI is InChI=1S/C30H36N2O4/c1-6-31-30(34)27(18-24-11-8-7-9-12-24)32(19-25-13-10-14-26(17-25)35-5)29(33)20-36-28-16-21(2)15-22(3)23(28)4/h7-17,27H,6,18-20H2,1-5H3,(H,31,34). The van der Waals surface area contributed by atoms with E-state index in [4.69, 9.17) is 9.47 Å². The second kappa shape index (κ2) is 12.8. The van der Waals surface area contributed by atoms with Crippen LogP contribution in [0.1, 0.15) is 34.7 Å². The summed E-state index contributed by atoms with van der Waals surface area (Å²) in [4.78, 5) is 28.6. The molecule has 0 saturated heterocycles. The molecule has 0 heterocycles. The molecule has 3 rings (SSSR count). The third-order valence-corrected chi connectivity index (χ3v) is 6.22. The van der Waals surface area contributed by atoms with Crippen molar-refractivity contribution >= 4 is 11.8 Å². The molecule has 0 bridgehead atoms. The fourth-order valence-electron chi connectivity index (χ4n) is 4.19. The van der Waals surface area contributed by atoms with E-state index in [2.05, 4.69) is 11.4 Å². The number of methoxy groups -OCH3 is 1. The highest BCUT2D eigenvalue weighted by atomic mass is 16.5. The van der Waals surface area contributed by atoms with Gasteiger partial charge in [0.1, 0.15) is 17.5 Å². The van der Waals surface area contributed by atoms with E-state index in [0.29, 0.717) is 24.5 Å². The first-order chi connectivity index (χ1) is 17.3. The SMILES string of the molecule is CCNC(=O)C(Cc1ccccc1)N(Cc1cccc(OC)c1)C(=O)COc1cc(C)cc(C)c1C. The summed E-state index contributed by atoms with van der Waals surface area (Å²) in [6, 6.07) is 20.6. The van der Waals surface area contributed by atoms with Gasteiger partial charge in [-0.1, -0.05) is 48.5 Å². The second-order valence-corrected chi connectivity index (χ2v) is 8.97. The molecule has 190 valence electrons. The number of nitrogens with zero attached hydrogens (tertiary/aromatic N) is 1. The lowest BCUT2D eigenvalue weighted by Crippen LogP contribution is -2.51. The average molecular weight is 489 g/mol. The molecule has 6 nitrogen and oxygen atoms in total. The Kier molecular flexibility index (Phi) is 9.51. The first-order valence-corrected chi connectivity index (χ1v) is 12.3. The van der Waals surface area contributed by atoms with Crippen LogP contribution in [0.2, 0.25) is 0 Å². The Morgan fingerprint density at radius 3 is 2.36 bits per heavy atom. The van der Waals surface area contributed by atoms with Crippen molar-refractivity contribution in [2.45, 2.75) is 46.7 Å². The van der Waals surface area contributed by atoms with E-state index >= 15 is 0 Å². The largest absolute Gasteiger partial charge is 0.497 e. The van der Waals surface area contributed by atoms with Crippen molar-refractivity contribution in [3.05, 3.63) is 94.5 Å². The minimum atomic E-state index is -0.699. The molecule has 0 spiro atoms.